The van der Waals surface area contributed by atoms with Gasteiger partial charge in [0, 0.05) is 22.7 Å². The first-order valence-electron chi connectivity index (χ1n) is 6.37. The first kappa shape index (κ1) is 14.8. The van der Waals surface area contributed by atoms with Crippen molar-refractivity contribution < 1.29 is 14.4 Å². The summed E-state index contributed by atoms with van der Waals surface area (Å²) in [7, 11) is 0. The predicted molar refractivity (Wildman–Crippen MR) is 82.8 cm³/mol. The smallest absolute Gasteiger partial charge is 0.320 e. The molecule has 0 saturated carbocycles. The number of nitrogens with one attached hydrogen (secondary N) is 1. The summed E-state index contributed by atoms with van der Waals surface area (Å²) in [4.78, 5) is 10.3. The number of anilines is 2. The highest BCUT2D eigenvalue weighted by Gasteiger charge is 2.13. The van der Waals surface area contributed by atoms with Crippen LogP contribution < -0.4 is 5.32 Å². The second kappa shape index (κ2) is 5.93. The Bertz CT molecular complexity index is 881. The molecule has 0 aliphatic heterocycles. The Morgan fingerprint density at radius 2 is 2.04 bits per heavy atom. The Kier molecular flexibility index (Phi) is 3.82. The summed E-state index contributed by atoms with van der Waals surface area (Å²) >= 11 is 5.85. The molecule has 0 unspecified atom stereocenters. The van der Waals surface area contributed by atoms with E-state index in [1.807, 2.05) is 0 Å². The van der Waals surface area contributed by atoms with Crippen LogP contribution in [-0.4, -0.2) is 20.2 Å². The van der Waals surface area contributed by atoms with E-state index in [1.54, 1.807) is 6.07 Å². The Labute approximate surface area is 134 Å². The monoisotopic (exact) mass is 332 g/mol. The fraction of sp³-hybridized carbons (Fsp3) is 0. The van der Waals surface area contributed by atoms with Crippen LogP contribution in [0.15, 0.2) is 46.9 Å². The summed E-state index contributed by atoms with van der Waals surface area (Å²) in [5.74, 6) is 0.0715. The van der Waals surface area contributed by atoms with Crippen molar-refractivity contribution >= 4 is 29.0 Å². The van der Waals surface area contributed by atoms with Gasteiger partial charge in [0.1, 0.15) is 5.75 Å². The number of nitro groups is 1. The number of phenols is 1. The molecule has 3 rings (SSSR count). The molecule has 0 aliphatic rings. The average molecular weight is 333 g/mol. The standard InChI is InChI=1S/C14H9ClN4O4/c15-9-4-5-12(20)11(7-9)16-14-18-17-13(23-14)8-2-1-3-10(6-8)19(21)22/h1-7,20H,(H,16,18). The molecule has 0 fully saturated rings. The molecule has 1 aromatic heterocycles. The van der Waals surface area contributed by atoms with E-state index in [4.69, 9.17) is 16.0 Å². The lowest BCUT2D eigenvalue weighted by atomic mass is 10.2. The molecule has 8 nitrogen and oxygen atoms in total. The zero-order chi connectivity index (χ0) is 16.4. The molecule has 0 radical (unpaired) electrons. The Morgan fingerprint density at radius 3 is 2.83 bits per heavy atom. The summed E-state index contributed by atoms with van der Waals surface area (Å²) < 4.78 is 5.39. The third-order valence-electron chi connectivity index (χ3n) is 2.93. The van der Waals surface area contributed by atoms with Gasteiger partial charge in [-0.1, -0.05) is 22.8 Å². The molecule has 23 heavy (non-hydrogen) atoms. The van der Waals surface area contributed by atoms with Gasteiger partial charge in [0.25, 0.3) is 5.69 Å². The highest BCUT2D eigenvalue weighted by molar-refractivity contribution is 6.30. The number of phenolic OH excluding ortho intramolecular Hbond substituents is 1. The molecule has 0 amide bonds. The maximum Gasteiger partial charge on any atom is 0.320 e. The minimum absolute atomic E-state index is 0.0177. The maximum absolute atomic E-state index is 10.8. The minimum atomic E-state index is -0.511. The molecule has 9 heteroatoms. The van der Waals surface area contributed by atoms with Crippen LogP contribution in [0.2, 0.25) is 5.02 Å². The van der Waals surface area contributed by atoms with Crippen molar-refractivity contribution in [1.29, 1.82) is 0 Å². The van der Waals surface area contributed by atoms with Gasteiger partial charge in [0.2, 0.25) is 5.89 Å². The number of rotatable bonds is 4. The van der Waals surface area contributed by atoms with Gasteiger partial charge in [0.05, 0.1) is 10.6 Å². The first-order chi connectivity index (χ1) is 11.0. The number of hydrogen-bond donors (Lipinski definition) is 2. The zero-order valence-corrected chi connectivity index (χ0v) is 12.2. The van der Waals surface area contributed by atoms with E-state index < -0.39 is 4.92 Å². The molecule has 1 heterocycles. The highest BCUT2D eigenvalue weighted by atomic mass is 35.5. The molecule has 0 aliphatic carbocycles. The van der Waals surface area contributed by atoms with Gasteiger partial charge in [-0.25, -0.2) is 0 Å². The summed E-state index contributed by atoms with van der Waals surface area (Å²) in [6, 6.07) is 10.3. The van der Waals surface area contributed by atoms with E-state index in [2.05, 4.69) is 15.5 Å². The highest BCUT2D eigenvalue weighted by Crippen LogP contribution is 2.30. The van der Waals surface area contributed by atoms with Gasteiger partial charge in [-0.2, -0.15) is 0 Å². The molecule has 0 bridgehead atoms. The van der Waals surface area contributed by atoms with Crippen molar-refractivity contribution in [2.45, 2.75) is 0 Å². The van der Waals surface area contributed by atoms with Gasteiger partial charge >= 0.3 is 6.01 Å². The van der Waals surface area contributed by atoms with Crippen molar-refractivity contribution in [3.8, 4) is 17.2 Å². The minimum Gasteiger partial charge on any atom is -0.506 e. The Balaban J connectivity index is 1.87. The van der Waals surface area contributed by atoms with E-state index in [0.29, 0.717) is 16.3 Å². The number of non-ortho nitro benzene ring substituents is 1. The van der Waals surface area contributed by atoms with E-state index >= 15 is 0 Å². The Morgan fingerprint density at radius 1 is 1.22 bits per heavy atom. The molecule has 116 valence electrons. The van der Waals surface area contributed by atoms with Crippen molar-refractivity contribution in [2.24, 2.45) is 0 Å². The van der Waals surface area contributed by atoms with E-state index in [9.17, 15) is 15.2 Å². The van der Waals surface area contributed by atoms with Crippen LogP contribution in [0.25, 0.3) is 11.5 Å². The third-order valence-corrected chi connectivity index (χ3v) is 3.16. The fourth-order valence-electron chi connectivity index (χ4n) is 1.87. The molecular formula is C14H9ClN4O4. The summed E-state index contributed by atoms with van der Waals surface area (Å²) in [6.07, 6.45) is 0. The summed E-state index contributed by atoms with van der Waals surface area (Å²) in [6.45, 7) is 0. The topological polar surface area (TPSA) is 114 Å². The first-order valence-corrected chi connectivity index (χ1v) is 6.74. The SMILES string of the molecule is O=[N+]([O-])c1cccc(-c2nnc(Nc3cc(Cl)ccc3O)o2)c1. The van der Waals surface area contributed by atoms with Crippen LogP contribution in [0.5, 0.6) is 5.75 Å². The fourth-order valence-corrected chi connectivity index (χ4v) is 2.04. The third kappa shape index (κ3) is 3.22. The van der Waals surface area contributed by atoms with Crippen LogP contribution in [0.1, 0.15) is 0 Å². The average Bonchev–Trinajstić information content (AvgIpc) is 3.00. The van der Waals surface area contributed by atoms with Crippen LogP contribution in [-0.2, 0) is 0 Å². The van der Waals surface area contributed by atoms with Crippen LogP contribution >= 0.6 is 11.6 Å². The number of nitro benzene ring substituents is 1. The second-order valence-electron chi connectivity index (χ2n) is 4.51. The maximum atomic E-state index is 10.8. The van der Waals surface area contributed by atoms with Crippen LogP contribution in [0.3, 0.4) is 0 Å². The lowest BCUT2D eigenvalue weighted by molar-refractivity contribution is -0.384. The number of benzene rings is 2. The predicted octanol–water partition coefficient (Wildman–Crippen LogP) is 3.75. The number of hydrogen-bond acceptors (Lipinski definition) is 7. The lowest BCUT2D eigenvalue weighted by Gasteiger charge is -2.04. The van der Waals surface area contributed by atoms with Crippen molar-refractivity contribution in [3.05, 3.63) is 57.6 Å². The largest absolute Gasteiger partial charge is 0.506 e. The molecule has 3 aromatic rings. The van der Waals surface area contributed by atoms with Gasteiger partial charge in [-0.3, -0.25) is 10.1 Å². The normalized spacial score (nSPS) is 10.5. The number of aromatic hydroxyl groups is 1. The van der Waals surface area contributed by atoms with Gasteiger partial charge in [-0.15, -0.1) is 5.10 Å². The molecule has 2 aromatic carbocycles. The van der Waals surface area contributed by atoms with E-state index in [-0.39, 0.29) is 23.3 Å². The molecule has 0 saturated heterocycles. The number of aromatic nitrogens is 2. The quantitative estimate of drug-likeness (QED) is 0.424. The van der Waals surface area contributed by atoms with Crippen molar-refractivity contribution in [2.75, 3.05) is 5.32 Å². The lowest BCUT2D eigenvalue weighted by Crippen LogP contribution is -1.90. The second-order valence-corrected chi connectivity index (χ2v) is 4.94. The zero-order valence-electron chi connectivity index (χ0n) is 11.4. The van der Waals surface area contributed by atoms with Crippen LogP contribution in [0, 0.1) is 10.1 Å². The summed E-state index contributed by atoms with van der Waals surface area (Å²) in [5.41, 5.74) is 0.629. The van der Waals surface area contributed by atoms with Gasteiger partial charge in [-0.05, 0) is 24.3 Å². The molecule has 0 spiro atoms. The van der Waals surface area contributed by atoms with E-state index in [1.165, 1.54) is 36.4 Å². The molecule has 0 atom stereocenters. The van der Waals surface area contributed by atoms with Crippen molar-refractivity contribution in [3.63, 3.8) is 0 Å². The molecule has 2 N–H and O–H groups in total. The Hall–Kier alpha value is -3.13. The van der Waals surface area contributed by atoms with Gasteiger partial charge < -0.3 is 14.8 Å². The summed E-state index contributed by atoms with van der Waals surface area (Å²) in [5, 5.41) is 31.3. The van der Waals surface area contributed by atoms with Crippen molar-refractivity contribution in [1.82, 2.24) is 10.2 Å². The number of halogens is 1. The molecular weight excluding hydrogens is 324 g/mol. The number of nitrogens with zero attached hydrogens (tertiary/aromatic N) is 3. The van der Waals surface area contributed by atoms with E-state index in [0.717, 1.165) is 0 Å². The van der Waals surface area contributed by atoms with Gasteiger partial charge in [0.15, 0.2) is 0 Å². The van der Waals surface area contributed by atoms with Crippen LogP contribution in [0.4, 0.5) is 17.4 Å².